The van der Waals surface area contributed by atoms with E-state index >= 15 is 0 Å². The molecule has 37 heavy (non-hydrogen) atoms. The van der Waals surface area contributed by atoms with Gasteiger partial charge in [-0.2, -0.15) is 0 Å². The van der Waals surface area contributed by atoms with Crippen LogP contribution >= 0.6 is 23.2 Å². The number of halogens is 2. The van der Waals surface area contributed by atoms with E-state index in [2.05, 4.69) is 48.2 Å². The number of para-hydroxylation sites is 1. The fourth-order valence-electron chi connectivity index (χ4n) is 4.76. The average Bonchev–Trinajstić information content (AvgIpc) is 3.25. The minimum Gasteiger partial charge on any atom is -0.494 e. The van der Waals surface area contributed by atoms with Crippen molar-refractivity contribution in [3.8, 4) is 28.5 Å². The van der Waals surface area contributed by atoms with Gasteiger partial charge in [-0.05, 0) is 47.7 Å². The van der Waals surface area contributed by atoms with Crippen LogP contribution in [0, 0.1) is 11.5 Å². The van der Waals surface area contributed by atoms with Crippen molar-refractivity contribution in [2.75, 3.05) is 13.7 Å². The van der Waals surface area contributed by atoms with Gasteiger partial charge in [-0.3, -0.25) is 9.78 Å². The monoisotopic (exact) mass is 547 g/mol. The molecule has 1 unspecified atom stereocenters. The third-order valence-electron chi connectivity index (χ3n) is 6.44. The summed E-state index contributed by atoms with van der Waals surface area (Å²) >= 11 is 12.7. The van der Waals surface area contributed by atoms with Crippen LogP contribution in [-0.4, -0.2) is 42.5 Å². The van der Waals surface area contributed by atoms with E-state index in [0.717, 1.165) is 34.5 Å². The lowest BCUT2D eigenvalue weighted by Crippen LogP contribution is -2.40. The van der Waals surface area contributed by atoms with Gasteiger partial charge < -0.3 is 14.6 Å². The van der Waals surface area contributed by atoms with Crippen molar-refractivity contribution in [2.45, 2.75) is 32.1 Å². The van der Waals surface area contributed by atoms with Gasteiger partial charge >= 0.3 is 0 Å². The van der Waals surface area contributed by atoms with Crippen molar-refractivity contribution in [1.82, 2.24) is 14.9 Å². The van der Waals surface area contributed by atoms with E-state index in [1.165, 1.54) is 18.1 Å². The first-order valence-electron chi connectivity index (χ1n) is 12.1. The molecule has 1 aliphatic heterocycles. The normalized spacial score (nSPS) is 15.2. The molecule has 0 aliphatic carbocycles. The first-order chi connectivity index (χ1) is 17.7. The highest BCUT2D eigenvalue weighted by Gasteiger charge is 2.34. The molecule has 0 radical (unpaired) electrons. The summed E-state index contributed by atoms with van der Waals surface area (Å²) < 4.78 is 5.26. The van der Waals surface area contributed by atoms with Crippen molar-refractivity contribution in [2.24, 2.45) is 0 Å². The Bertz CT molecular complexity index is 1540. The molecule has 1 aliphatic rings. The summed E-state index contributed by atoms with van der Waals surface area (Å²) in [6, 6.07) is 15.4. The lowest BCUT2D eigenvalue weighted by molar-refractivity contribution is -0.127. The molecule has 188 valence electrons. The van der Waals surface area contributed by atoms with Crippen LogP contribution in [0.4, 0.5) is 0 Å². The highest BCUT2D eigenvalue weighted by Crippen LogP contribution is 2.40. The maximum absolute atomic E-state index is 13.4. The summed E-state index contributed by atoms with van der Waals surface area (Å²) in [5.41, 5.74) is 8.95. The van der Waals surface area contributed by atoms with Crippen LogP contribution < -0.4 is 4.74 Å². The summed E-state index contributed by atoms with van der Waals surface area (Å²) in [6.45, 7) is 7.00. The topological polar surface area (TPSA) is 58.2 Å². The van der Waals surface area contributed by atoms with Gasteiger partial charge in [0.25, 0.3) is 5.91 Å². The van der Waals surface area contributed by atoms with E-state index in [1.807, 2.05) is 35.4 Å². The zero-order valence-electron chi connectivity index (χ0n) is 21.2. The summed E-state index contributed by atoms with van der Waals surface area (Å²) in [5.74, 6) is 3.22. The molecular weight excluding hydrogens is 521 g/mol. The van der Waals surface area contributed by atoms with Crippen molar-refractivity contribution in [3.63, 3.8) is 0 Å². The Labute approximate surface area is 227 Å². The zero-order chi connectivity index (χ0) is 26.3. The Kier molecular flexibility index (Phi) is 6.80. The second-order valence-electron chi connectivity index (χ2n) is 10.2. The van der Waals surface area contributed by atoms with Crippen molar-refractivity contribution < 1.29 is 9.53 Å². The number of aromatic amines is 1. The average molecular weight is 549 g/mol. The van der Waals surface area contributed by atoms with E-state index in [1.54, 1.807) is 12.1 Å². The van der Waals surface area contributed by atoms with Crippen molar-refractivity contribution in [3.05, 3.63) is 81.6 Å². The Morgan fingerprint density at radius 1 is 1.14 bits per heavy atom. The molecule has 0 saturated heterocycles. The van der Waals surface area contributed by atoms with Crippen molar-refractivity contribution in [1.29, 1.82) is 0 Å². The third kappa shape index (κ3) is 5.00. The minimum atomic E-state index is -1.70. The molecule has 0 spiro atoms. The Morgan fingerprint density at radius 3 is 2.51 bits per heavy atom. The summed E-state index contributed by atoms with van der Waals surface area (Å²) in [5, 5.41) is 2.03. The van der Waals surface area contributed by atoms with Crippen molar-refractivity contribution >= 4 is 48.1 Å². The Morgan fingerprint density at radius 2 is 1.86 bits per heavy atom. The minimum absolute atomic E-state index is 0.158. The summed E-state index contributed by atoms with van der Waals surface area (Å²) in [7, 11) is -0.172. The van der Waals surface area contributed by atoms with Gasteiger partial charge in [0.05, 0.1) is 28.9 Å². The van der Waals surface area contributed by atoms with Gasteiger partial charge in [-0.25, -0.2) is 0 Å². The maximum atomic E-state index is 13.4. The first kappa shape index (κ1) is 25.4. The highest BCUT2D eigenvalue weighted by molar-refractivity contribution is 6.84. The predicted octanol–water partition coefficient (Wildman–Crippen LogP) is 6.90. The Balaban J connectivity index is 1.58. The molecule has 1 N–H and O–H groups in total. The molecule has 5 rings (SSSR count). The number of nitrogens with zero attached hydrogens (tertiary/aromatic N) is 2. The van der Waals surface area contributed by atoms with Gasteiger partial charge in [0, 0.05) is 34.9 Å². The quantitative estimate of drug-likeness (QED) is 0.224. The first-order valence-corrected chi connectivity index (χ1v) is 16.3. The molecule has 0 saturated carbocycles. The summed E-state index contributed by atoms with van der Waals surface area (Å²) in [4.78, 5) is 23.6. The van der Waals surface area contributed by atoms with E-state index in [-0.39, 0.29) is 11.9 Å². The highest BCUT2D eigenvalue weighted by atomic mass is 35.5. The number of methoxy groups -OCH3 is 1. The number of amides is 1. The lowest BCUT2D eigenvalue weighted by Gasteiger charge is -2.35. The van der Waals surface area contributed by atoms with Crippen LogP contribution in [0.15, 0.2) is 54.7 Å². The molecule has 1 amide bonds. The van der Waals surface area contributed by atoms with Gasteiger partial charge in [0.15, 0.2) is 5.75 Å². The third-order valence-corrected chi connectivity index (χ3v) is 7.88. The number of H-pyrrole nitrogens is 1. The number of fused-ring (bicyclic) bond motifs is 3. The van der Waals surface area contributed by atoms with Crippen LogP contribution in [0.2, 0.25) is 29.7 Å². The smallest absolute Gasteiger partial charge is 0.298 e. The van der Waals surface area contributed by atoms with Crippen LogP contribution in [0.1, 0.15) is 22.9 Å². The Hall–Kier alpha value is -3.24. The van der Waals surface area contributed by atoms with Crippen LogP contribution in [0.25, 0.3) is 22.2 Å². The molecular formula is C29H27Cl2N3O2Si. The molecule has 0 fully saturated rings. The number of rotatable bonds is 3. The van der Waals surface area contributed by atoms with Crippen LogP contribution in [0.5, 0.6) is 5.75 Å². The maximum Gasteiger partial charge on any atom is 0.298 e. The number of benzene rings is 2. The lowest BCUT2D eigenvalue weighted by atomic mass is 9.92. The number of ether oxygens (including phenoxy) is 1. The predicted molar refractivity (Wildman–Crippen MR) is 153 cm³/mol. The van der Waals surface area contributed by atoms with Gasteiger partial charge in [0.2, 0.25) is 0 Å². The van der Waals surface area contributed by atoms with E-state index in [0.29, 0.717) is 22.3 Å². The van der Waals surface area contributed by atoms with Gasteiger partial charge in [-0.1, -0.05) is 67.1 Å². The van der Waals surface area contributed by atoms with E-state index in [4.69, 9.17) is 32.9 Å². The molecule has 8 heteroatoms. The number of carbonyl (C=O) groups excluding carboxylic acids is 1. The molecule has 1 atom stereocenters. The fourth-order valence-corrected chi connectivity index (χ4v) is 5.88. The van der Waals surface area contributed by atoms with Gasteiger partial charge in [0.1, 0.15) is 8.07 Å². The standard InChI is InChI=1S/C29H27Cl2N3O2Si/c1-36-29-22(30)15-19(16-23(29)31)24-10-9-18(17-32-24)28-27-21(20-7-5-6-8-25(20)33-27)11-13-34(28)26(35)12-14-37(2,3)4/h5-10,15-17,28,33H,11,13H2,1-4H3. The fraction of sp³-hybridized carbons (Fsp3) is 0.241. The number of hydrogen-bond acceptors (Lipinski definition) is 3. The SMILES string of the molecule is COc1c(Cl)cc(-c2ccc(C3c4[nH]c5ccccc5c4CCN3C(=O)C#C[Si](C)(C)C)cn2)cc1Cl. The number of nitrogens with one attached hydrogen (secondary N) is 1. The van der Waals surface area contributed by atoms with E-state index < -0.39 is 8.07 Å². The number of aromatic nitrogens is 2. The largest absolute Gasteiger partial charge is 0.494 e. The number of hydrogen-bond donors (Lipinski definition) is 1. The zero-order valence-corrected chi connectivity index (χ0v) is 23.7. The second-order valence-corrected chi connectivity index (χ2v) is 15.7. The molecule has 2 aromatic heterocycles. The molecule has 3 heterocycles. The number of carbonyl (C=O) groups is 1. The second kappa shape index (κ2) is 9.90. The van der Waals surface area contributed by atoms with Crippen LogP contribution in [-0.2, 0) is 11.2 Å². The molecule has 2 aromatic carbocycles. The summed E-state index contributed by atoms with van der Waals surface area (Å²) in [6.07, 6.45) is 2.59. The molecule has 0 bridgehead atoms. The molecule has 5 nitrogen and oxygen atoms in total. The van der Waals surface area contributed by atoms with E-state index in [9.17, 15) is 4.79 Å². The van der Waals surface area contributed by atoms with Crippen LogP contribution in [0.3, 0.4) is 0 Å². The number of pyridine rings is 1. The molecule has 4 aromatic rings. The van der Waals surface area contributed by atoms with Gasteiger partial charge in [-0.15, -0.1) is 5.54 Å².